The van der Waals surface area contributed by atoms with Gasteiger partial charge in [0.05, 0.1) is 13.2 Å². The van der Waals surface area contributed by atoms with Crippen LogP contribution in [-0.4, -0.2) is 37.1 Å². The van der Waals surface area contributed by atoms with Crippen molar-refractivity contribution in [1.29, 1.82) is 0 Å². The van der Waals surface area contributed by atoms with Crippen LogP contribution < -0.4 is 9.47 Å². The first-order chi connectivity index (χ1) is 11.7. The molecule has 1 aromatic rings. The number of hydrogen-bond donors (Lipinski definition) is 0. The number of rotatable bonds is 7. The van der Waals surface area contributed by atoms with Gasteiger partial charge in [-0.05, 0) is 49.8 Å². The summed E-state index contributed by atoms with van der Waals surface area (Å²) in [7, 11) is 1.68. The first-order valence-corrected chi connectivity index (χ1v) is 9.33. The molecule has 1 aromatic carbocycles. The maximum absolute atomic E-state index is 12.2. The summed E-state index contributed by atoms with van der Waals surface area (Å²) in [5, 5.41) is 0. The number of likely N-dealkylation sites (tertiary alicyclic amines) is 1. The Kier molecular flexibility index (Phi) is 5.64. The molecule has 0 N–H and O–H groups in total. The lowest BCUT2D eigenvalue weighted by Crippen LogP contribution is -2.26. The molecule has 1 aliphatic heterocycles. The number of amides is 1. The van der Waals surface area contributed by atoms with Crippen molar-refractivity contribution in [2.75, 3.05) is 20.2 Å². The van der Waals surface area contributed by atoms with E-state index in [4.69, 9.17) is 9.47 Å². The minimum atomic E-state index is 0.270. The van der Waals surface area contributed by atoms with Crippen LogP contribution in [0.25, 0.3) is 0 Å². The highest BCUT2D eigenvalue weighted by atomic mass is 16.5. The number of carbonyl (C=O) groups is 1. The number of hydrogen-bond acceptors (Lipinski definition) is 3. The average Bonchev–Trinajstić information content (AvgIpc) is 3.22. The second-order valence-electron chi connectivity index (χ2n) is 7.03. The quantitative estimate of drug-likeness (QED) is 0.754. The molecule has 1 saturated carbocycles. The van der Waals surface area contributed by atoms with E-state index < -0.39 is 0 Å². The predicted molar refractivity (Wildman–Crippen MR) is 94.7 cm³/mol. The van der Waals surface area contributed by atoms with E-state index in [1.54, 1.807) is 7.11 Å². The van der Waals surface area contributed by atoms with Gasteiger partial charge < -0.3 is 14.4 Å². The summed E-state index contributed by atoms with van der Waals surface area (Å²) in [5.41, 5.74) is 1.19. The molecule has 3 rings (SSSR count). The van der Waals surface area contributed by atoms with E-state index in [9.17, 15) is 4.79 Å². The molecule has 4 heteroatoms. The lowest BCUT2D eigenvalue weighted by atomic mass is 9.98. The second-order valence-corrected chi connectivity index (χ2v) is 7.03. The van der Waals surface area contributed by atoms with Crippen LogP contribution in [0.1, 0.15) is 63.4 Å². The normalized spacial score (nSPS) is 21.5. The van der Waals surface area contributed by atoms with Crippen molar-refractivity contribution in [2.45, 2.75) is 63.9 Å². The van der Waals surface area contributed by atoms with E-state index >= 15 is 0 Å². The van der Waals surface area contributed by atoms with E-state index in [-0.39, 0.29) is 11.8 Å². The van der Waals surface area contributed by atoms with Crippen molar-refractivity contribution in [1.82, 2.24) is 4.90 Å². The molecule has 1 atom stereocenters. The summed E-state index contributed by atoms with van der Waals surface area (Å²) in [4.78, 5) is 14.2. The summed E-state index contributed by atoms with van der Waals surface area (Å²) >= 11 is 0. The predicted octanol–water partition coefficient (Wildman–Crippen LogP) is 4.13. The van der Waals surface area contributed by atoms with Gasteiger partial charge in [0.15, 0.2) is 11.5 Å². The lowest BCUT2D eigenvalue weighted by molar-refractivity contribution is -0.127. The number of unbranched alkanes of at least 4 members (excludes halogenated alkanes) is 1. The van der Waals surface area contributed by atoms with Crippen LogP contribution in [-0.2, 0) is 4.79 Å². The van der Waals surface area contributed by atoms with Crippen LogP contribution in [0.15, 0.2) is 18.2 Å². The maximum Gasteiger partial charge on any atom is 0.223 e. The molecule has 0 spiro atoms. The fourth-order valence-electron chi connectivity index (χ4n) is 3.79. The van der Waals surface area contributed by atoms with E-state index in [0.29, 0.717) is 12.5 Å². The molecule has 1 heterocycles. The number of methoxy groups -OCH3 is 1. The molecule has 2 aliphatic rings. The summed E-state index contributed by atoms with van der Waals surface area (Å²) in [6.07, 6.45) is 7.86. The Morgan fingerprint density at radius 1 is 1.21 bits per heavy atom. The van der Waals surface area contributed by atoms with Gasteiger partial charge in [-0.25, -0.2) is 0 Å². The molecule has 132 valence electrons. The maximum atomic E-state index is 12.2. The van der Waals surface area contributed by atoms with E-state index in [0.717, 1.165) is 50.3 Å². The fourth-order valence-corrected chi connectivity index (χ4v) is 3.79. The topological polar surface area (TPSA) is 38.8 Å². The minimum absolute atomic E-state index is 0.270. The average molecular weight is 331 g/mol. The van der Waals surface area contributed by atoms with E-state index in [1.807, 2.05) is 11.0 Å². The van der Waals surface area contributed by atoms with Crippen molar-refractivity contribution < 1.29 is 14.3 Å². The Labute approximate surface area is 145 Å². The highest BCUT2D eigenvalue weighted by molar-refractivity contribution is 5.79. The largest absolute Gasteiger partial charge is 0.493 e. The van der Waals surface area contributed by atoms with Crippen molar-refractivity contribution in [3.63, 3.8) is 0 Å². The molecule has 1 aliphatic carbocycles. The molecule has 0 unspecified atom stereocenters. The molecular weight excluding hydrogens is 302 g/mol. The van der Waals surface area contributed by atoms with Gasteiger partial charge in [0.25, 0.3) is 0 Å². The number of benzene rings is 1. The van der Waals surface area contributed by atoms with Crippen LogP contribution in [0.2, 0.25) is 0 Å². The summed E-state index contributed by atoms with van der Waals surface area (Å²) < 4.78 is 11.7. The summed E-state index contributed by atoms with van der Waals surface area (Å²) in [6.45, 7) is 3.87. The standard InChI is InChI=1S/C20H29NO3/c1-3-4-11-21-14-16(13-20(21)22)15-9-10-18(23-2)19(12-15)24-17-7-5-6-8-17/h9-10,12,16-17H,3-8,11,13-14H2,1-2H3/t16-/m0/s1. The van der Waals surface area contributed by atoms with Gasteiger partial charge >= 0.3 is 0 Å². The van der Waals surface area contributed by atoms with Crippen molar-refractivity contribution >= 4 is 5.91 Å². The lowest BCUT2D eigenvalue weighted by Gasteiger charge is -2.19. The number of nitrogens with zero attached hydrogens (tertiary/aromatic N) is 1. The smallest absolute Gasteiger partial charge is 0.223 e. The zero-order valence-electron chi connectivity index (χ0n) is 14.9. The SMILES string of the molecule is CCCCN1C[C@@H](c2ccc(OC)c(OC3CCCC3)c2)CC1=O. The number of carbonyl (C=O) groups excluding carboxylic acids is 1. The Balaban J connectivity index is 1.72. The van der Waals surface area contributed by atoms with Gasteiger partial charge in [-0.2, -0.15) is 0 Å². The molecule has 2 fully saturated rings. The van der Waals surface area contributed by atoms with Gasteiger partial charge in [0, 0.05) is 25.4 Å². The van der Waals surface area contributed by atoms with Crippen molar-refractivity contribution in [2.24, 2.45) is 0 Å². The molecular formula is C20H29NO3. The molecule has 0 radical (unpaired) electrons. The molecule has 4 nitrogen and oxygen atoms in total. The molecule has 1 saturated heterocycles. The van der Waals surface area contributed by atoms with Gasteiger partial charge in [-0.1, -0.05) is 19.4 Å². The summed E-state index contributed by atoms with van der Waals surface area (Å²) in [5.74, 6) is 2.17. The summed E-state index contributed by atoms with van der Waals surface area (Å²) in [6, 6.07) is 6.17. The van der Waals surface area contributed by atoms with Crippen LogP contribution in [0, 0.1) is 0 Å². The number of ether oxygens (including phenoxy) is 2. The third-order valence-electron chi connectivity index (χ3n) is 5.25. The monoisotopic (exact) mass is 331 g/mol. The fraction of sp³-hybridized carbons (Fsp3) is 0.650. The van der Waals surface area contributed by atoms with Crippen LogP contribution in [0.3, 0.4) is 0 Å². The zero-order valence-corrected chi connectivity index (χ0v) is 14.9. The molecule has 0 aromatic heterocycles. The minimum Gasteiger partial charge on any atom is -0.493 e. The van der Waals surface area contributed by atoms with Gasteiger partial charge in [-0.3, -0.25) is 4.79 Å². The Hall–Kier alpha value is -1.71. The second kappa shape index (κ2) is 7.91. The first-order valence-electron chi connectivity index (χ1n) is 9.33. The van der Waals surface area contributed by atoms with Crippen LogP contribution in [0.4, 0.5) is 0 Å². The van der Waals surface area contributed by atoms with E-state index in [1.165, 1.54) is 18.4 Å². The van der Waals surface area contributed by atoms with Crippen LogP contribution >= 0.6 is 0 Å². The first kappa shape index (κ1) is 17.1. The van der Waals surface area contributed by atoms with Gasteiger partial charge in [0.1, 0.15) is 0 Å². The van der Waals surface area contributed by atoms with Crippen molar-refractivity contribution in [3.8, 4) is 11.5 Å². The highest BCUT2D eigenvalue weighted by Gasteiger charge is 2.30. The van der Waals surface area contributed by atoms with Gasteiger partial charge in [0.2, 0.25) is 5.91 Å². The Bertz CT molecular complexity index is 566. The molecule has 0 bridgehead atoms. The third kappa shape index (κ3) is 3.85. The van der Waals surface area contributed by atoms with Crippen LogP contribution in [0.5, 0.6) is 11.5 Å². The Morgan fingerprint density at radius 2 is 2.00 bits per heavy atom. The highest BCUT2D eigenvalue weighted by Crippen LogP contribution is 2.37. The molecule has 1 amide bonds. The van der Waals surface area contributed by atoms with Gasteiger partial charge in [-0.15, -0.1) is 0 Å². The van der Waals surface area contributed by atoms with Crippen molar-refractivity contribution in [3.05, 3.63) is 23.8 Å². The third-order valence-corrected chi connectivity index (χ3v) is 5.25. The van der Waals surface area contributed by atoms with E-state index in [2.05, 4.69) is 19.1 Å². The zero-order chi connectivity index (χ0) is 16.9. The Morgan fingerprint density at radius 3 is 2.71 bits per heavy atom. The molecule has 24 heavy (non-hydrogen) atoms.